The highest BCUT2D eigenvalue weighted by Crippen LogP contribution is 2.31. The molecule has 0 atom stereocenters. The zero-order chi connectivity index (χ0) is 15.1. The van der Waals surface area contributed by atoms with E-state index in [0.717, 1.165) is 0 Å². The highest BCUT2D eigenvalue weighted by atomic mass is 16.6. The van der Waals surface area contributed by atoms with Crippen LogP contribution < -0.4 is 0 Å². The number of hydrogen-bond acceptors (Lipinski definition) is 5. The van der Waals surface area contributed by atoms with Gasteiger partial charge in [0.2, 0.25) is 0 Å². The first-order valence-electron chi connectivity index (χ1n) is 6.63. The van der Waals surface area contributed by atoms with Crippen molar-refractivity contribution in [2.75, 3.05) is 20.3 Å². The highest BCUT2D eigenvalue weighted by molar-refractivity contribution is 5.99. The van der Waals surface area contributed by atoms with Crippen LogP contribution in [0.2, 0.25) is 0 Å². The van der Waals surface area contributed by atoms with Gasteiger partial charge >= 0.3 is 11.9 Å². The summed E-state index contributed by atoms with van der Waals surface area (Å²) in [6.07, 6.45) is 0.878. The summed E-state index contributed by atoms with van der Waals surface area (Å²) in [4.78, 5) is 24.0. The first kappa shape index (κ1) is 17.9. The molecule has 5 heteroatoms. The Morgan fingerprint density at radius 1 is 0.895 bits per heavy atom. The van der Waals surface area contributed by atoms with Crippen LogP contribution in [0.4, 0.5) is 0 Å². The summed E-state index contributed by atoms with van der Waals surface area (Å²) < 4.78 is 15.3. The smallest absolute Gasteiger partial charge is 0.323 e. The molecule has 0 saturated carbocycles. The van der Waals surface area contributed by atoms with Gasteiger partial charge in [-0.3, -0.25) is 9.59 Å². The number of esters is 2. The summed E-state index contributed by atoms with van der Waals surface area (Å²) in [7, 11) is 1.60. The molecule has 0 aromatic carbocycles. The highest BCUT2D eigenvalue weighted by Gasteiger charge is 2.44. The van der Waals surface area contributed by atoms with Crippen LogP contribution in [0.3, 0.4) is 0 Å². The topological polar surface area (TPSA) is 61.8 Å². The van der Waals surface area contributed by atoms with Gasteiger partial charge in [-0.2, -0.15) is 0 Å². The van der Waals surface area contributed by atoms with Crippen LogP contribution in [0.1, 0.15) is 47.5 Å². The molecule has 0 radical (unpaired) electrons. The minimum atomic E-state index is -1.28. The summed E-state index contributed by atoms with van der Waals surface area (Å²) >= 11 is 0. The maximum absolute atomic E-state index is 12.0. The molecule has 19 heavy (non-hydrogen) atoms. The SMILES string of the molecule is CCOC(=O)C(C)(CCC(C)(C)OC)C(=O)OCC. The summed E-state index contributed by atoms with van der Waals surface area (Å²) in [6, 6.07) is 0. The number of ether oxygens (including phenoxy) is 3. The fraction of sp³-hybridized carbons (Fsp3) is 0.857. The second kappa shape index (κ2) is 7.48. The molecule has 0 aromatic rings. The van der Waals surface area contributed by atoms with Gasteiger partial charge in [0, 0.05) is 7.11 Å². The van der Waals surface area contributed by atoms with E-state index in [1.54, 1.807) is 27.9 Å². The minimum Gasteiger partial charge on any atom is -0.465 e. The molecule has 0 spiro atoms. The molecule has 0 saturated heterocycles. The van der Waals surface area contributed by atoms with E-state index in [1.165, 1.54) is 0 Å². The van der Waals surface area contributed by atoms with Crippen LogP contribution in [0, 0.1) is 5.41 Å². The first-order chi connectivity index (χ1) is 8.73. The van der Waals surface area contributed by atoms with E-state index in [2.05, 4.69) is 0 Å². The molecular weight excluding hydrogens is 248 g/mol. The van der Waals surface area contributed by atoms with Gasteiger partial charge in [0.1, 0.15) is 0 Å². The zero-order valence-electron chi connectivity index (χ0n) is 12.9. The standard InChI is InChI=1S/C14H26O5/c1-7-18-11(15)14(5,12(16)19-8-2)10-9-13(3,4)17-6/h7-10H2,1-6H3. The average molecular weight is 274 g/mol. The van der Waals surface area contributed by atoms with Gasteiger partial charge in [-0.05, 0) is 47.5 Å². The predicted octanol–water partition coefficient (Wildman–Crippen LogP) is 2.32. The Morgan fingerprint density at radius 2 is 1.32 bits per heavy atom. The van der Waals surface area contributed by atoms with Crippen molar-refractivity contribution in [1.82, 2.24) is 0 Å². The largest absolute Gasteiger partial charge is 0.465 e. The fourth-order valence-electron chi connectivity index (χ4n) is 1.52. The van der Waals surface area contributed by atoms with Gasteiger partial charge < -0.3 is 14.2 Å². The van der Waals surface area contributed by atoms with Crippen molar-refractivity contribution in [2.24, 2.45) is 5.41 Å². The summed E-state index contributed by atoms with van der Waals surface area (Å²) in [6.45, 7) is 9.27. The summed E-state index contributed by atoms with van der Waals surface area (Å²) in [5.74, 6) is -1.08. The van der Waals surface area contributed by atoms with E-state index in [0.29, 0.717) is 12.8 Å². The maximum Gasteiger partial charge on any atom is 0.323 e. The van der Waals surface area contributed by atoms with Crippen LogP contribution in [0.5, 0.6) is 0 Å². The van der Waals surface area contributed by atoms with Crippen molar-refractivity contribution in [3.05, 3.63) is 0 Å². The van der Waals surface area contributed by atoms with Gasteiger partial charge in [0.25, 0.3) is 0 Å². The van der Waals surface area contributed by atoms with Crippen molar-refractivity contribution >= 4 is 11.9 Å². The third kappa shape index (κ3) is 5.19. The van der Waals surface area contributed by atoms with E-state index >= 15 is 0 Å². The van der Waals surface area contributed by atoms with Crippen LogP contribution in [0.25, 0.3) is 0 Å². The van der Waals surface area contributed by atoms with E-state index in [9.17, 15) is 9.59 Å². The van der Waals surface area contributed by atoms with Gasteiger partial charge in [0.15, 0.2) is 5.41 Å². The molecule has 0 fully saturated rings. The maximum atomic E-state index is 12.0. The Kier molecular flexibility index (Phi) is 7.05. The molecule has 0 unspecified atom stereocenters. The Morgan fingerprint density at radius 3 is 1.63 bits per heavy atom. The molecular formula is C14H26O5. The molecule has 112 valence electrons. The fourth-order valence-corrected chi connectivity index (χ4v) is 1.52. The Labute approximate surface area is 115 Å². The monoisotopic (exact) mass is 274 g/mol. The van der Waals surface area contributed by atoms with Gasteiger partial charge in [-0.1, -0.05) is 0 Å². The zero-order valence-corrected chi connectivity index (χ0v) is 12.9. The lowest BCUT2D eigenvalue weighted by Gasteiger charge is -2.29. The molecule has 0 aromatic heterocycles. The van der Waals surface area contributed by atoms with Crippen molar-refractivity contribution in [2.45, 2.75) is 53.1 Å². The molecule has 0 aliphatic carbocycles. The van der Waals surface area contributed by atoms with E-state index in [4.69, 9.17) is 14.2 Å². The average Bonchev–Trinajstić information content (AvgIpc) is 2.36. The quantitative estimate of drug-likeness (QED) is 0.502. The molecule has 5 nitrogen and oxygen atoms in total. The molecule has 0 amide bonds. The van der Waals surface area contributed by atoms with Crippen molar-refractivity contribution < 1.29 is 23.8 Å². The van der Waals surface area contributed by atoms with Crippen molar-refractivity contribution in [1.29, 1.82) is 0 Å². The van der Waals surface area contributed by atoms with Crippen LogP contribution >= 0.6 is 0 Å². The molecule has 0 heterocycles. The first-order valence-corrected chi connectivity index (χ1v) is 6.63. The van der Waals surface area contributed by atoms with Crippen LogP contribution in [-0.4, -0.2) is 37.9 Å². The van der Waals surface area contributed by atoms with Crippen molar-refractivity contribution in [3.8, 4) is 0 Å². The molecule has 0 bridgehead atoms. The molecule has 0 N–H and O–H groups in total. The second-order valence-corrected chi connectivity index (χ2v) is 5.24. The number of carbonyl (C=O) groups is 2. The third-order valence-electron chi connectivity index (χ3n) is 3.23. The van der Waals surface area contributed by atoms with Crippen LogP contribution in [-0.2, 0) is 23.8 Å². The Hall–Kier alpha value is -1.10. The Balaban J connectivity index is 4.96. The third-order valence-corrected chi connectivity index (χ3v) is 3.23. The van der Waals surface area contributed by atoms with E-state index in [1.807, 2.05) is 13.8 Å². The summed E-state index contributed by atoms with van der Waals surface area (Å²) in [5, 5.41) is 0. The lowest BCUT2D eigenvalue weighted by atomic mass is 9.82. The van der Waals surface area contributed by atoms with E-state index < -0.39 is 23.0 Å². The Bertz CT molecular complexity index is 291. The van der Waals surface area contributed by atoms with Gasteiger partial charge in [-0.15, -0.1) is 0 Å². The van der Waals surface area contributed by atoms with Crippen molar-refractivity contribution in [3.63, 3.8) is 0 Å². The van der Waals surface area contributed by atoms with E-state index in [-0.39, 0.29) is 13.2 Å². The van der Waals surface area contributed by atoms with Gasteiger partial charge in [0.05, 0.1) is 18.8 Å². The lowest BCUT2D eigenvalue weighted by molar-refractivity contribution is -0.172. The molecule has 0 aliphatic heterocycles. The van der Waals surface area contributed by atoms with Crippen LogP contribution in [0.15, 0.2) is 0 Å². The minimum absolute atomic E-state index is 0.238. The summed E-state index contributed by atoms with van der Waals surface area (Å²) in [5.41, 5.74) is -1.68. The number of rotatable bonds is 8. The number of carbonyl (C=O) groups excluding carboxylic acids is 2. The number of hydrogen-bond donors (Lipinski definition) is 0. The number of methoxy groups -OCH3 is 1. The van der Waals surface area contributed by atoms with Gasteiger partial charge in [-0.25, -0.2) is 0 Å². The lowest BCUT2D eigenvalue weighted by Crippen LogP contribution is -2.41. The molecule has 0 rings (SSSR count). The second-order valence-electron chi connectivity index (χ2n) is 5.24. The predicted molar refractivity (Wildman–Crippen MR) is 71.7 cm³/mol. The molecule has 0 aliphatic rings. The normalized spacial score (nSPS) is 12.1.